The number of carboxylic acids is 4. The molecule has 34 heteroatoms. The predicted molar refractivity (Wildman–Crippen MR) is 358 cm³/mol. The summed E-state index contributed by atoms with van der Waals surface area (Å²) < 4.78 is 0. The lowest BCUT2D eigenvalue weighted by atomic mass is 10.00. The third-order valence-electron chi connectivity index (χ3n) is 16.5. The maximum Gasteiger partial charge on any atom is 0.326 e. The zero-order valence-corrected chi connectivity index (χ0v) is 55.0. The fourth-order valence-corrected chi connectivity index (χ4v) is 11.0. The van der Waals surface area contributed by atoms with Gasteiger partial charge in [-0.25, -0.2) is 4.79 Å². The Morgan fingerprint density at radius 1 is 0.370 bits per heavy atom. The number of H-pyrrole nitrogens is 3. The number of aromatic nitrogens is 3. The number of aliphatic hydroxyl groups is 3. The van der Waals surface area contributed by atoms with Crippen LogP contribution in [0.2, 0.25) is 0 Å². The molecule has 0 aliphatic heterocycles. The second-order valence-electron chi connectivity index (χ2n) is 24.3. The first kappa shape index (κ1) is 78.2. The Bertz CT molecular complexity index is 3900. The van der Waals surface area contributed by atoms with Crippen LogP contribution < -0.4 is 59.3 Å². The summed E-state index contributed by atoms with van der Waals surface area (Å²) in [6.07, 6.45) is -4.60. The highest BCUT2D eigenvalue weighted by atomic mass is 16.4. The summed E-state index contributed by atoms with van der Waals surface area (Å²) in [5.74, 6) is -16.1. The number of nitrogens with two attached hydrogens (primary N) is 2. The molecule has 0 radical (unpaired) electrons. The number of hydrogen-bond acceptors (Lipinski definition) is 18. The average molecular weight is 1400 g/mol. The van der Waals surface area contributed by atoms with E-state index >= 15 is 4.79 Å². The van der Waals surface area contributed by atoms with Crippen LogP contribution in [0.5, 0.6) is 0 Å². The number of unbranched alkanes of at least 4 members (excludes halogenated alkanes) is 1. The van der Waals surface area contributed by atoms with Crippen LogP contribution in [0.25, 0.3) is 32.7 Å². The molecule has 9 amide bonds. The van der Waals surface area contributed by atoms with Crippen molar-refractivity contribution < 1.29 is 98.1 Å². The zero-order valence-electron chi connectivity index (χ0n) is 55.0. The minimum atomic E-state index is -2.04. The SMILES string of the molecule is C[C@@H](O)[C@H](NC(=O)[C@H](Cc1c[nH]c2ccccc12)NC(=O)[C@H](Cc1c[nH]c2ccccc12)NC(=O)[C@@H](NC(=O)[C@H](CCC(=O)O)NC(=O)[C@H](Cc1c[nH]c2ccccc12)NC(=O)[C@@H](NC(=O)[C@H](CCC(=O)O)NC(=O)[C@@H](N)CCCCN)[C@@H](C)O)[C@@H](C)O)C(=O)N[C@@H](CCC(=O)O)C(=O)O. The number of carbonyl (C=O) groups excluding carboxylic acids is 9. The van der Waals surface area contributed by atoms with Crippen molar-refractivity contribution in [2.75, 3.05) is 6.54 Å². The monoisotopic (exact) mass is 1390 g/mol. The number of amides is 9. The number of carboxylic acid groups (broad SMARTS) is 4. The third kappa shape index (κ3) is 22.6. The molecule has 34 nitrogen and oxygen atoms in total. The molecular weight excluding hydrogens is 1310 g/mol. The highest BCUT2D eigenvalue weighted by Gasteiger charge is 2.39. The maximum absolute atomic E-state index is 15.0. The molecular formula is C66H86N14O20. The lowest BCUT2D eigenvalue weighted by Crippen LogP contribution is -2.63. The van der Waals surface area contributed by atoms with Crippen molar-refractivity contribution in [2.24, 2.45) is 11.5 Å². The van der Waals surface area contributed by atoms with Gasteiger partial charge in [0.15, 0.2) is 0 Å². The molecule has 13 atom stereocenters. The van der Waals surface area contributed by atoms with Gasteiger partial charge in [-0.05, 0) is 94.3 Å². The number of benzene rings is 3. The Balaban J connectivity index is 1.30. The van der Waals surface area contributed by atoms with Gasteiger partial charge in [0.05, 0.1) is 24.4 Å². The van der Waals surface area contributed by atoms with Gasteiger partial charge in [-0.1, -0.05) is 61.0 Å². The van der Waals surface area contributed by atoms with Crippen LogP contribution in [0.3, 0.4) is 0 Å². The molecule has 3 aromatic carbocycles. The average Bonchev–Trinajstić information content (AvgIpc) is 1.42. The van der Waals surface area contributed by atoms with Gasteiger partial charge < -0.3 is 110 Å². The molecule has 100 heavy (non-hydrogen) atoms. The number of aliphatic carboxylic acids is 4. The molecule has 6 rings (SSSR count). The van der Waals surface area contributed by atoms with Gasteiger partial charge in [0.25, 0.3) is 0 Å². The van der Waals surface area contributed by atoms with E-state index in [1.807, 2.05) is 0 Å². The first-order valence-corrected chi connectivity index (χ1v) is 32.2. The molecule has 0 aliphatic rings. The first-order valence-electron chi connectivity index (χ1n) is 32.2. The second-order valence-corrected chi connectivity index (χ2v) is 24.3. The van der Waals surface area contributed by atoms with Gasteiger partial charge in [0.1, 0.15) is 54.4 Å². The summed E-state index contributed by atoms with van der Waals surface area (Å²) in [5, 5.41) is 94.8. The molecule has 0 unspecified atom stereocenters. The number of para-hydroxylation sites is 3. The summed E-state index contributed by atoms with van der Waals surface area (Å²) in [4.78, 5) is 185. The standard InChI is InChI=1S/C66H86N14O20/c1-32(81)54(63(96)74-47(66(99)100)21-24-53(88)89)80-62(95)50(28-37-31-71-44-18-9-6-14-40(37)44)75-61(94)49(27-36-30-70-43-17-8-5-13-39(36)43)77-65(98)56(34(3)83)79-59(92)46(20-23-52(86)87)73-60(93)48(26-35-29-69-42-16-7-4-12-38(35)42)76-64(97)55(33(2)82)78-58(91)45(19-22-51(84)85)72-57(90)41(68)15-10-11-25-67/h4-9,12-14,16-18,29-34,41,45-50,54-56,69-71,81-83H,10-11,15,19-28,67-68H2,1-3H3,(H,72,90)(H,73,93)(H,74,96)(H,75,94)(H,76,97)(H,77,98)(H,78,91)(H,79,92)(H,80,95)(H,84,85)(H,86,87)(H,88,89)(H,99,100)/t32-,33-,34-,41+,45+,46+,47+,48+,49+,50+,54+,55+,56+/m1/s1. The van der Waals surface area contributed by atoms with E-state index in [2.05, 4.69) is 62.8 Å². The van der Waals surface area contributed by atoms with E-state index in [9.17, 15) is 93.3 Å². The molecule has 0 saturated heterocycles. The highest BCUT2D eigenvalue weighted by molar-refractivity contribution is 6.00. The highest BCUT2D eigenvalue weighted by Crippen LogP contribution is 2.23. The Morgan fingerprint density at radius 2 is 0.650 bits per heavy atom. The molecule has 0 spiro atoms. The van der Waals surface area contributed by atoms with Crippen molar-refractivity contribution in [2.45, 2.75) is 177 Å². The number of aromatic amines is 3. The molecule has 0 bridgehead atoms. The van der Waals surface area contributed by atoms with Crippen LogP contribution in [0.1, 0.15) is 95.2 Å². The second kappa shape index (κ2) is 37.2. The zero-order chi connectivity index (χ0) is 73.5. The van der Waals surface area contributed by atoms with Gasteiger partial charge in [-0.15, -0.1) is 0 Å². The summed E-state index contributed by atoms with van der Waals surface area (Å²) in [7, 11) is 0. The van der Waals surface area contributed by atoms with Crippen LogP contribution in [0.15, 0.2) is 91.4 Å². The van der Waals surface area contributed by atoms with Crippen LogP contribution in [0, 0.1) is 0 Å². The Labute approximate surface area is 571 Å². The fourth-order valence-electron chi connectivity index (χ4n) is 11.0. The van der Waals surface area contributed by atoms with Crippen molar-refractivity contribution >= 4 is 110 Å². The van der Waals surface area contributed by atoms with Crippen molar-refractivity contribution in [3.8, 4) is 0 Å². The van der Waals surface area contributed by atoms with E-state index in [4.69, 9.17) is 11.5 Å². The summed E-state index contributed by atoms with van der Waals surface area (Å²) in [5.41, 5.74) is 14.6. The number of hydrogen-bond donors (Lipinski definition) is 21. The number of nitrogens with one attached hydrogen (secondary N) is 12. The van der Waals surface area contributed by atoms with Crippen LogP contribution >= 0.6 is 0 Å². The molecule has 3 aromatic heterocycles. The van der Waals surface area contributed by atoms with E-state index in [1.54, 1.807) is 79.0 Å². The molecule has 0 aliphatic carbocycles. The summed E-state index contributed by atoms with van der Waals surface area (Å²) >= 11 is 0. The lowest BCUT2D eigenvalue weighted by Gasteiger charge is -2.29. The smallest absolute Gasteiger partial charge is 0.326 e. The minimum Gasteiger partial charge on any atom is -0.481 e. The molecule has 23 N–H and O–H groups in total. The fraction of sp³-hybridized carbons (Fsp3) is 0.439. The Morgan fingerprint density at radius 3 is 0.970 bits per heavy atom. The molecule has 3 heterocycles. The van der Waals surface area contributed by atoms with Gasteiger partial charge in [0.2, 0.25) is 53.2 Å². The maximum atomic E-state index is 15.0. The lowest BCUT2D eigenvalue weighted by molar-refractivity contribution is -0.144. The summed E-state index contributed by atoms with van der Waals surface area (Å²) in [6, 6.07) is 2.97. The van der Waals surface area contributed by atoms with Crippen molar-refractivity contribution in [3.63, 3.8) is 0 Å². The van der Waals surface area contributed by atoms with Crippen LogP contribution in [0.4, 0.5) is 0 Å². The Hall–Kier alpha value is -10.8. The van der Waals surface area contributed by atoms with Gasteiger partial charge >= 0.3 is 23.9 Å². The van der Waals surface area contributed by atoms with Crippen LogP contribution in [-0.2, 0) is 81.6 Å². The van der Waals surface area contributed by atoms with E-state index in [1.165, 1.54) is 12.4 Å². The van der Waals surface area contributed by atoms with Gasteiger partial charge in [0, 0.05) is 89.8 Å². The molecule has 0 fully saturated rings. The number of fused-ring (bicyclic) bond motifs is 3. The van der Waals surface area contributed by atoms with E-state index < -0.39 is 201 Å². The number of aliphatic hydroxyl groups excluding tert-OH is 3. The van der Waals surface area contributed by atoms with Crippen molar-refractivity contribution in [1.82, 2.24) is 62.8 Å². The number of carbonyl (C=O) groups is 13. The molecule has 0 saturated carbocycles. The van der Waals surface area contributed by atoms with Crippen LogP contribution in [-0.4, -0.2) is 213 Å². The number of rotatable bonds is 41. The van der Waals surface area contributed by atoms with E-state index in [0.29, 0.717) is 68.8 Å². The predicted octanol–water partition coefficient (Wildman–Crippen LogP) is -2.20. The topological polar surface area (TPSA) is 571 Å². The molecule has 540 valence electrons. The van der Waals surface area contributed by atoms with Crippen molar-refractivity contribution in [1.29, 1.82) is 0 Å². The third-order valence-corrected chi connectivity index (χ3v) is 16.5. The van der Waals surface area contributed by atoms with Crippen molar-refractivity contribution in [3.05, 3.63) is 108 Å². The van der Waals surface area contributed by atoms with E-state index in [0.717, 1.165) is 20.8 Å². The Kier molecular flexibility index (Phi) is 29.1. The van der Waals surface area contributed by atoms with Gasteiger partial charge in [-0.3, -0.25) is 57.5 Å². The first-order chi connectivity index (χ1) is 47.5. The quantitative estimate of drug-likeness (QED) is 0.0181. The minimum absolute atomic E-state index is 0.156. The normalized spacial score (nSPS) is 15.3. The van der Waals surface area contributed by atoms with E-state index in [-0.39, 0.29) is 19.3 Å². The largest absolute Gasteiger partial charge is 0.481 e. The van der Waals surface area contributed by atoms with Gasteiger partial charge in [-0.2, -0.15) is 0 Å². The summed E-state index contributed by atoms with van der Waals surface area (Å²) in [6.45, 7) is 3.60. The molecule has 6 aromatic rings.